The number of halogens is 2. The molecule has 1 aliphatic rings. The zero-order chi connectivity index (χ0) is 15.1. The zero-order valence-corrected chi connectivity index (χ0v) is 12.9. The second-order valence-corrected chi connectivity index (χ2v) is 7.26. The predicted octanol–water partition coefficient (Wildman–Crippen LogP) is 4.66. The zero-order valence-electron chi connectivity index (χ0n) is 12.9. The van der Waals surface area contributed by atoms with Crippen LogP contribution >= 0.6 is 0 Å². The van der Waals surface area contributed by atoms with E-state index in [1.165, 1.54) is 0 Å². The molecule has 0 heterocycles. The van der Waals surface area contributed by atoms with Crippen LogP contribution in [-0.4, -0.2) is 0 Å². The highest BCUT2D eigenvalue weighted by atomic mass is 19.2. The lowest BCUT2D eigenvalue weighted by Crippen LogP contribution is -2.51. The van der Waals surface area contributed by atoms with E-state index in [0.29, 0.717) is 17.5 Å². The fourth-order valence-electron chi connectivity index (χ4n) is 3.73. The molecule has 0 radical (unpaired) electrons. The Bertz CT molecular complexity index is 504. The Morgan fingerprint density at radius 1 is 1.15 bits per heavy atom. The molecular weight excluding hydrogens is 256 g/mol. The van der Waals surface area contributed by atoms with Crippen LogP contribution < -0.4 is 5.73 Å². The van der Waals surface area contributed by atoms with Gasteiger partial charge in [-0.15, -0.1) is 0 Å². The summed E-state index contributed by atoms with van der Waals surface area (Å²) in [5, 5.41) is 0. The van der Waals surface area contributed by atoms with Crippen LogP contribution in [0.3, 0.4) is 0 Å². The minimum atomic E-state index is -0.769. The molecule has 2 atom stereocenters. The summed E-state index contributed by atoms with van der Waals surface area (Å²) in [6, 6.07) is 3.31. The van der Waals surface area contributed by atoms with Gasteiger partial charge in [0.05, 0.1) is 0 Å². The van der Waals surface area contributed by atoms with Crippen molar-refractivity contribution in [3.05, 3.63) is 34.9 Å². The summed E-state index contributed by atoms with van der Waals surface area (Å²) in [6.45, 7) is 7.97. The molecule has 0 saturated heterocycles. The lowest BCUT2D eigenvalue weighted by molar-refractivity contribution is 0.0747. The largest absolute Gasteiger partial charge is 0.321 e. The van der Waals surface area contributed by atoms with Crippen molar-refractivity contribution in [3.8, 4) is 0 Å². The molecule has 112 valence electrons. The van der Waals surface area contributed by atoms with Gasteiger partial charge in [-0.1, -0.05) is 45.7 Å². The van der Waals surface area contributed by atoms with Crippen LogP contribution in [0.2, 0.25) is 0 Å². The topological polar surface area (TPSA) is 26.0 Å². The van der Waals surface area contributed by atoms with Gasteiger partial charge in [-0.25, -0.2) is 8.78 Å². The van der Waals surface area contributed by atoms with Crippen LogP contribution in [0, 0.1) is 29.9 Å². The molecule has 3 heteroatoms. The number of rotatable bonds is 1. The van der Waals surface area contributed by atoms with Crippen LogP contribution in [0.25, 0.3) is 0 Å². The molecule has 1 aliphatic carbocycles. The van der Waals surface area contributed by atoms with E-state index < -0.39 is 17.2 Å². The fourth-order valence-corrected chi connectivity index (χ4v) is 3.73. The van der Waals surface area contributed by atoms with Crippen molar-refractivity contribution >= 4 is 0 Å². The lowest BCUT2D eigenvalue weighted by Gasteiger charge is -2.48. The van der Waals surface area contributed by atoms with Gasteiger partial charge < -0.3 is 5.73 Å². The highest BCUT2D eigenvalue weighted by Gasteiger charge is 2.46. The summed E-state index contributed by atoms with van der Waals surface area (Å²) >= 11 is 0. The van der Waals surface area contributed by atoms with E-state index in [2.05, 4.69) is 20.8 Å². The first-order valence-corrected chi connectivity index (χ1v) is 7.42. The molecule has 0 spiro atoms. The summed E-state index contributed by atoms with van der Waals surface area (Å²) in [4.78, 5) is 0. The normalized spacial score (nSPS) is 27.6. The Kier molecular flexibility index (Phi) is 3.94. The van der Waals surface area contributed by atoms with E-state index in [0.717, 1.165) is 19.3 Å². The lowest BCUT2D eigenvalue weighted by atomic mass is 9.60. The highest BCUT2D eigenvalue weighted by molar-refractivity contribution is 5.32. The second-order valence-electron chi connectivity index (χ2n) is 7.26. The first-order valence-electron chi connectivity index (χ1n) is 7.42. The Morgan fingerprint density at radius 3 is 2.40 bits per heavy atom. The Morgan fingerprint density at radius 2 is 1.80 bits per heavy atom. The molecule has 1 nitrogen and oxygen atoms in total. The number of hydrogen-bond acceptors (Lipinski definition) is 1. The molecule has 1 aromatic carbocycles. The van der Waals surface area contributed by atoms with Gasteiger partial charge in [0.25, 0.3) is 0 Å². The SMILES string of the molecule is Cc1ccc(C2(N)CCCCC2C(C)(C)C)c(F)c1F. The first-order chi connectivity index (χ1) is 9.18. The highest BCUT2D eigenvalue weighted by Crippen LogP contribution is 2.49. The third kappa shape index (κ3) is 2.48. The van der Waals surface area contributed by atoms with Gasteiger partial charge in [0.15, 0.2) is 11.6 Å². The van der Waals surface area contributed by atoms with Crippen molar-refractivity contribution in [2.45, 2.75) is 58.9 Å². The molecular formula is C17H25F2N. The molecule has 0 amide bonds. The Labute approximate surface area is 120 Å². The number of aryl methyl sites for hydroxylation is 1. The van der Waals surface area contributed by atoms with E-state index in [9.17, 15) is 8.78 Å². The van der Waals surface area contributed by atoms with Gasteiger partial charge in [0, 0.05) is 11.1 Å². The summed E-state index contributed by atoms with van der Waals surface area (Å²) in [5.74, 6) is -1.37. The first kappa shape index (κ1) is 15.4. The van der Waals surface area contributed by atoms with Crippen molar-refractivity contribution in [2.75, 3.05) is 0 Å². The Hall–Kier alpha value is -0.960. The van der Waals surface area contributed by atoms with Crippen LogP contribution in [0.15, 0.2) is 12.1 Å². The Balaban J connectivity index is 2.55. The van der Waals surface area contributed by atoms with E-state index in [1.807, 2.05) is 0 Å². The van der Waals surface area contributed by atoms with Crippen LogP contribution in [0.5, 0.6) is 0 Å². The smallest absolute Gasteiger partial charge is 0.164 e. The average molecular weight is 281 g/mol. The van der Waals surface area contributed by atoms with Crippen LogP contribution in [0.1, 0.15) is 57.6 Å². The molecule has 0 bridgehead atoms. The summed E-state index contributed by atoms with van der Waals surface area (Å²) in [5.41, 5.74) is 6.51. The molecule has 0 aromatic heterocycles. The van der Waals surface area contributed by atoms with Crippen LogP contribution in [-0.2, 0) is 5.54 Å². The maximum Gasteiger partial charge on any atom is 0.164 e. The number of nitrogens with two attached hydrogens (primary N) is 1. The van der Waals surface area contributed by atoms with Crippen molar-refractivity contribution < 1.29 is 8.78 Å². The number of hydrogen-bond donors (Lipinski definition) is 1. The van der Waals surface area contributed by atoms with Gasteiger partial charge in [-0.05, 0) is 36.7 Å². The molecule has 1 aromatic rings. The quantitative estimate of drug-likeness (QED) is 0.795. The predicted molar refractivity (Wildman–Crippen MR) is 78.4 cm³/mol. The summed E-state index contributed by atoms with van der Waals surface area (Å²) in [6.07, 6.45) is 3.76. The molecule has 20 heavy (non-hydrogen) atoms. The third-order valence-electron chi connectivity index (χ3n) is 4.78. The molecule has 2 rings (SSSR count). The third-order valence-corrected chi connectivity index (χ3v) is 4.78. The van der Waals surface area contributed by atoms with E-state index in [1.54, 1.807) is 19.1 Å². The summed E-state index contributed by atoms with van der Waals surface area (Å²) < 4.78 is 28.3. The monoisotopic (exact) mass is 281 g/mol. The molecule has 1 saturated carbocycles. The maximum absolute atomic E-state index is 14.4. The van der Waals surface area contributed by atoms with Crippen LogP contribution in [0.4, 0.5) is 8.78 Å². The fraction of sp³-hybridized carbons (Fsp3) is 0.647. The van der Waals surface area contributed by atoms with E-state index in [-0.39, 0.29) is 11.3 Å². The van der Waals surface area contributed by atoms with E-state index >= 15 is 0 Å². The maximum atomic E-state index is 14.4. The van der Waals surface area contributed by atoms with Gasteiger partial charge >= 0.3 is 0 Å². The summed E-state index contributed by atoms with van der Waals surface area (Å²) in [7, 11) is 0. The van der Waals surface area contributed by atoms with Gasteiger partial charge in [-0.2, -0.15) is 0 Å². The average Bonchev–Trinajstić information content (AvgIpc) is 2.35. The molecule has 1 fully saturated rings. The van der Waals surface area contributed by atoms with Crippen molar-refractivity contribution in [1.29, 1.82) is 0 Å². The number of benzene rings is 1. The van der Waals surface area contributed by atoms with Gasteiger partial charge in [-0.3, -0.25) is 0 Å². The van der Waals surface area contributed by atoms with Crippen molar-refractivity contribution in [1.82, 2.24) is 0 Å². The van der Waals surface area contributed by atoms with Gasteiger partial charge in [0.1, 0.15) is 0 Å². The van der Waals surface area contributed by atoms with E-state index in [4.69, 9.17) is 5.73 Å². The standard InChI is InChI=1S/C17H25F2N/c1-11-8-9-12(15(19)14(11)18)17(20)10-6-5-7-13(17)16(2,3)4/h8-9,13H,5-7,10,20H2,1-4H3. The van der Waals surface area contributed by atoms with Crippen molar-refractivity contribution in [3.63, 3.8) is 0 Å². The van der Waals surface area contributed by atoms with Crippen molar-refractivity contribution in [2.24, 2.45) is 17.1 Å². The minimum absolute atomic E-state index is 0.0248. The molecule has 2 unspecified atom stereocenters. The van der Waals surface area contributed by atoms with Gasteiger partial charge in [0.2, 0.25) is 0 Å². The molecule has 0 aliphatic heterocycles. The minimum Gasteiger partial charge on any atom is -0.321 e. The second kappa shape index (κ2) is 5.10. The molecule has 2 N–H and O–H groups in total.